The summed E-state index contributed by atoms with van der Waals surface area (Å²) >= 11 is 1.56. The Bertz CT molecular complexity index is 627. The van der Waals surface area contributed by atoms with Gasteiger partial charge in [-0.3, -0.25) is 4.57 Å². The quantitative estimate of drug-likeness (QED) is 0.826. The highest BCUT2D eigenvalue weighted by Gasteiger charge is 2.30. The second kappa shape index (κ2) is 3.86. The van der Waals surface area contributed by atoms with E-state index in [1.54, 1.807) is 15.9 Å². The number of nitrogens with zero attached hydrogens (tertiary/aromatic N) is 4. The van der Waals surface area contributed by atoms with Crippen molar-refractivity contribution in [3.63, 3.8) is 0 Å². The minimum atomic E-state index is -0.169. The molecule has 0 N–H and O–H groups in total. The monoisotopic (exact) mass is 246 g/mol. The van der Waals surface area contributed by atoms with Crippen molar-refractivity contribution in [2.24, 2.45) is 0 Å². The highest BCUT2D eigenvalue weighted by Crippen LogP contribution is 2.37. The van der Waals surface area contributed by atoms with Gasteiger partial charge in [0, 0.05) is 6.04 Å². The Morgan fingerprint density at radius 1 is 1.59 bits per heavy atom. The summed E-state index contributed by atoms with van der Waals surface area (Å²) < 4.78 is 2.97. The van der Waals surface area contributed by atoms with Crippen LogP contribution in [0.2, 0.25) is 0 Å². The summed E-state index contributed by atoms with van der Waals surface area (Å²) in [6, 6.07) is 6.11. The first-order chi connectivity index (χ1) is 8.31. The molecule has 86 valence electrons. The van der Waals surface area contributed by atoms with Gasteiger partial charge in [-0.25, -0.2) is 4.79 Å². The molecule has 2 aromatic heterocycles. The summed E-state index contributed by atoms with van der Waals surface area (Å²) in [7, 11) is 0. The van der Waals surface area contributed by atoms with Crippen molar-refractivity contribution in [1.29, 1.82) is 5.26 Å². The lowest BCUT2D eigenvalue weighted by atomic mass is 10.4. The van der Waals surface area contributed by atoms with Crippen LogP contribution < -0.4 is 5.69 Å². The van der Waals surface area contributed by atoms with E-state index in [-0.39, 0.29) is 18.3 Å². The van der Waals surface area contributed by atoms with Crippen LogP contribution in [0.15, 0.2) is 22.3 Å². The van der Waals surface area contributed by atoms with Crippen molar-refractivity contribution in [2.45, 2.75) is 25.4 Å². The lowest BCUT2D eigenvalue weighted by molar-refractivity contribution is 0.639. The molecule has 0 saturated heterocycles. The maximum Gasteiger partial charge on any atom is 0.347 e. The van der Waals surface area contributed by atoms with E-state index in [4.69, 9.17) is 5.26 Å². The van der Waals surface area contributed by atoms with E-state index in [0.717, 1.165) is 17.7 Å². The van der Waals surface area contributed by atoms with Crippen LogP contribution in [0.25, 0.3) is 10.7 Å². The normalized spacial score (nSPS) is 14.8. The van der Waals surface area contributed by atoms with Crippen LogP contribution >= 0.6 is 11.3 Å². The first-order valence-corrected chi connectivity index (χ1v) is 6.29. The number of thiophene rings is 1. The summed E-state index contributed by atoms with van der Waals surface area (Å²) in [5.41, 5.74) is -0.169. The average Bonchev–Trinajstić information content (AvgIpc) is 2.90. The highest BCUT2D eigenvalue weighted by molar-refractivity contribution is 7.13. The van der Waals surface area contributed by atoms with Gasteiger partial charge in [0.1, 0.15) is 6.54 Å². The smallest absolute Gasteiger partial charge is 0.271 e. The SMILES string of the molecule is N#CCn1nc(-c2cccs2)n(C2CC2)c1=O. The van der Waals surface area contributed by atoms with Crippen LogP contribution in [-0.4, -0.2) is 14.3 Å². The molecule has 1 fully saturated rings. The van der Waals surface area contributed by atoms with Gasteiger partial charge >= 0.3 is 5.69 Å². The van der Waals surface area contributed by atoms with Gasteiger partial charge in [-0.05, 0) is 24.3 Å². The molecule has 1 aliphatic carbocycles. The van der Waals surface area contributed by atoms with Gasteiger partial charge in [0.2, 0.25) is 0 Å². The molecule has 3 rings (SSSR count). The van der Waals surface area contributed by atoms with Crippen LogP contribution in [-0.2, 0) is 6.54 Å². The molecule has 0 amide bonds. The summed E-state index contributed by atoms with van der Waals surface area (Å²) in [6.07, 6.45) is 2.05. The van der Waals surface area contributed by atoms with Crippen molar-refractivity contribution in [1.82, 2.24) is 14.3 Å². The Hall–Kier alpha value is -1.87. The van der Waals surface area contributed by atoms with E-state index in [1.807, 2.05) is 23.6 Å². The fraction of sp³-hybridized carbons (Fsp3) is 0.364. The molecule has 0 aliphatic heterocycles. The predicted molar refractivity (Wildman–Crippen MR) is 63.7 cm³/mol. The molecule has 1 saturated carbocycles. The van der Waals surface area contributed by atoms with Gasteiger partial charge in [-0.1, -0.05) is 6.07 Å². The number of hydrogen-bond acceptors (Lipinski definition) is 4. The molecular formula is C11H10N4OS. The van der Waals surface area contributed by atoms with E-state index < -0.39 is 0 Å². The molecular weight excluding hydrogens is 236 g/mol. The first-order valence-electron chi connectivity index (χ1n) is 5.41. The van der Waals surface area contributed by atoms with E-state index in [1.165, 1.54) is 4.68 Å². The highest BCUT2D eigenvalue weighted by atomic mass is 32.1. The first kappa shape index (κ1) is 10.3. The minimum absolute atomic E-state index is 0.0108. The van der Waals surface area contributed by atoms with E-state index in [9.17, 15) is 4.79 Å². The lowest BCUT2D eigenvalue weighted by Gasteiger charge is -1.99. The molecule has 0 spiro atoms. The molecule has 0 unspecified atom stereocenters. The van der Waals surface area contributed by atoms with Gasteiger partial charge in [-0.2, -0.15) is 9.94 Å². The number of rotatable bonds is 3. The van der Waals surface area contributed by atoms with Gasteiger partial charge in [0.05, 0.1) is 10.9 Å². The topological polar surface area (TPSA) is 63.6 Å². The largest absolute Gasteiger partial charge is 0.347 e. The predicted octanol–water partition coefficient (Wildman–Crippen LogP) is 1.63. The minimum Gasteiger partial charge on any atom is -0.271 e. The van der Waals surface area contributed by atoms with Gasteiger partial charge in [-0.15, -0.1) is 16.4 Å². The molecule has 0 radical (unpaired) electrons. The summed E-state index contributed by atoms with van der Waals surface area (Å²) in [4.78, 5) is 13.1. The molecule has 17 heavy (non-hydrogen) atoms. The van der Waals surface area contributed by atoms with Gasteiger partial charge in [0.25, 0.3) is 0 Å². The molecule has 6 heteroatoms. The Kier molecular flexibility index (Phi) is 2.34. The Morgan fingerprint density at radius 3 is 3.00 bits per heavy atom. The van der Waals surface area contributed by atoms with Gasteiger partial charge < -0.3 is 0 Å². The van der Waals surface area contributed by atoms with E-state index in [0.29, 0.717) is 5.82 Å². The van der Waals surface area contributed by atoms with E-state index >= 15 is 0 Å². The van der Waals surface area contributed by atoms with Crippen LogP contribution in [0.3, 0.4) is 0 Å². The third-order valence-electron chi connectivity index (χ3n) is 2.74. The molecule has 0 aromatic carbocycles. The number of hydrogen-bond donors (Lipinski definition) is 0. The number of aromatic nitrogens is 3. The van der Waals surface area contributed by atoms with Crippen LogP contribution in [0.4, 0.5) is 0 Å². The van der Waals surface area contributed by atoms with Gasteiger partial charge in [0.15, 0.2) is 5.82 Å². The summed E-state index contributed by atoms with van der Waals surface area (Å²) in [5.74, 6) is 0.697. The van der Waals surface area contributed by atoms with Crippen molar-refractivity contribution in [3.8, 4) is 16.8 Å². The Morgan fingerprint density at radius 2 is 2.41 bits per heavy atom. The second-order valence-electron chi connectivity index (χ2n) is 4.00. The fourth-order valence-corrected chi connectivity index (χ4v) is 2.53. The molecule has 0 atom stereocenters. The zero-order valence-electron chi connectivity index (χ0n) is 9.04. The molecule has 5 nitrogen and oxygen atoms in total. The molecule has 1 aliphatic rings. The van der Waals surface area contributed by atoms with E-state index in [2.05, 4.69) is 5.10 Å². The van der Waals surface area contributed by atoms with Crippen molar-refractivity contribution >= 4 is 11.3 Å². The number of nitriles is 1. The van der Waals surface area contributed by atoms with Crippen molar-refractivity contribution in [3.05, 3.63) is 28.0 Å². The zero-order valence-corrected chi connectivity index (χ0v) is 9.85. The van der Waals surface area contributed by atoms with Crippen LogP contribution in [0, 0.1) is 11.3 Å². The summed E-state index contributed by atoms with van der Waals surface area (Å²) in [5, 5.41) is 14.9. The maximum absolute atomic E-state index is 12.1. The standard InChI is InChI=1S/C11H10N4OS/c12-5-6-14-11(16)15(8-3-4-8)10(13-14)9-2-1-7-17-9/h1-2,7-8H,3-4,6H2. The molecule has 0 bridgehead atoms. The second-order valence-corrected chi connectivity index (χ2v) is 4.95. The lowest BCUT2D eigenvalue weighted by Crippen LogP contribution is -2.24. The third kappa shape index (κ3) is 1.68. The van der Waals surface area contributed by atoms with Crippen LogP contribution in [0.1, 0.15) is 18.9 Å². The summed E-state index contributed by atoms with van der Waals surface area (Å²) in [6.45, 7) is 0.0108. The zero-order chi connectivity index (χ0) is 11.8. The van der Waals surface area contributed by atoms with Crippen molar-refractivity contribution in [2.75, 3.05) is 0 Å². The van der Waals surface area contributed by atoms with Crippen molar-refractivity contribution < 1.29 is 0 Å². The molecule has 2 heterocycles. The van der Waals surface area contributed by atoms with Crippen LogP contribution in [0.5, 0.6) is 0 Å². The third-order valence-corrected chi connectivity index (χ3v) is 3.61. The Balaban J connectivity index is 2.17. The Labute approximate surface area is 102 Å². The average molecular weight is 246 g/mol. The molecule has 2 aromatic rings. The maximum atomic E-state index is 12.1. The fourth-order valence-electron chi connectivity index (χ4n) is 1.83.